The first kappa shape index (κ1) is 30.4. The van der Waals surface area contributed by atoms with Gasteiger partial charge in [0, 0.05) is 11.1 Å². The highest BCUT2D eigenvalue weighted by molar-refractivity contribution is 5.72. The molecule has 5 rings (SSSR count). The molecule has 0 heterocycles. The van der Waals surface area contributed by atoms with Crippen LogP contribution in [0.1, 0.15) is 89.5 Å². The van der Waals surface area contributed by atoms with Crippen LogP contribution in [0.5, 0.6) is 5.75 Å². The van der Waals surface area contributed by atoms with Gasteiger partial charge in [0.2, 0.25) is 5.82 Å². The van der Waals surface area contributed by atoms with Crippen LogP contribution in [0.2, 0.25) is 0 Å². The van der Waals surface area contributed by atoms with Crippen molar-refractivity contribution in [3.63, 3.8) is 0 Å². The summed E-state index contributed by atoms with van der Waals surface area (Å²) in [5, 5.41) is 0. The average Bonchev–Trinajstić information content (AvgIpc) is 3.02. The van der Waals surface area contributed by atoms with E-state index in [9.17, 15) is 8.78 Å². The van der Waals surface area contributed by atoms with Crippen LogP contribution < -0.4 is 4.74 Å². The molecular weight excluding hydrogens is 536 g/mol. The highest BCUT2D eigenvalue weighted by atomic mass is 19.2. The maximum absolute atomic E-state index is 15.4. The minimum atomic E-state index is -1.04. The lowest BCUT2D eigenvalue weighted by Gasteiger charge is -2.38. The molecule has 3 aromatic carbocycles. The third-order valence-corrected chi connectivity index (χ3v) is 9.71. The van der Waals surface area contributed by atoms with Crippen molar-refractivity contribution in [1.29, 1.82) is 0 Å². The van der Waals surface area contributed by atoms with Gasteiger partial charge in [-0.25, -0.2) is 13.2 Å². The first-order valence-electron chi connectivity index (χ1n) is 15.7. The number of hydrogen-bond donors (Lipinski definition) is 0. The predicted octanol–water partition coefficient (Wildman–Crippen LogP) is 11.4. The SMILES string of the molecule is CC=CCCC1CCC(C2CCC(c3ccc(-c4ccc(-c5ccc(OCC)c(F)c5F)cc4)c(F)c3F)CC2)CC1. The molecule has 0 bridgehead atoms. The Morgan fingerprint density at radius 2 is 1.21 bits per heavy atom. The van der Waals surface area contributed by atoms with Crippen LogP contribution in [0.3, 0.4) is 0 Å². The summed E-state index contributed by atoms with van der Waals surface area (Å²) in [6.07, 6.45) is 16.2. The van der Waals surface area contributed by atoms with Crippen molar-refractivity contribution in [2.24, 2.45) is 17.8 Å². The van der Waals surface area contributed by atoms with Crippen molar-refractivity contribution >= 4 is 0 Å². The van der Waals surface area contributed by atoms with Crippen LogP contribution in [0.25, 0.3) is 22.3 Å². The Kier molecular flexibility index (Phi) is 10.1. The van der Waals surface area contributed by atoms with Crippen LogP contribution in [0.15, 0.2) is 60.7 Å². The fourth-order valence-electron chi connectivity index (χ4n) is 7.30. The largest absolute Gasteiger partial charge is 0.491 e. The molecule has 0 N–H and O–H groups in total. The van der Waals surface area contributed by atoms with Gasteiger partial charge in [-0.05, 0) is 118 Å². The molecule has 42 heavy (non-hydrogen) atoms. The summed E-state index contributed by atoms with van der Waals surface area (Å²) in [4.78, 5) is 0. The van der Waals surface area contributed by atoms with Gasteiger partial charge in [0.25, 0.3) is 0 Å². The zero-order chi connectivity index (χ0) is 29.6. The third kappa shape index (κ3) is 6.61. The molecule has 2 saturated carbocycles. The van der Waals surface area contributed by atoms with Gasteiger partial charge in [-0.15, -0.1) is 0 Å². The van der Waals surface area contributed by atoms with Crippen molar-refractivity contribution in [2.75, 3.05) is 6.61 Å². The van der Waals surface area contributed by atoms with Crippen LogP contribution in [-0.2, 0) is 0 Å². The topological polar surface area (TPSA) is 9.23 Å². The van der Waals surface area contributed by atoms with Gasteiger partial charge in [-0.3, -0.25) is 0 Å². The Bertz CT molecular complexity index is 1360. The Labute approximate surface area is 248 Å². The van der Waals surface area contributed by atoms with E-state index in [2.05, 4.69) is 19.1 Å². The fourth-order valence-corrected chi connectivity index (χ4v) is 7.30. The summed E-state index contributed by atoms with van der Waals surface area (Å²) in [7, 11) is 0. The van der Waals surface area contributed by atoms with Crippen LogP contribution in [-0.4, -0.2) is 6.61 Å². The van der Waals surface area contributed by atoms with Crippen LogP contribution in [0.4, 0.5) is 17.6 Å². The number of hydrogen-bond acceptors (Lipinski definition) is 1. The second-order valence-corrected chi connectivity index (χ2v) is 12.1. The van der Waals surface area contributed by atoms with Gasteiger partial charge in [0.15, 0.2) is 23.2 Å². The molecule has 0 amide bonds. The third-order valence-electron chi connectivity index (χ3n) is 9.71. The highest BCUT2D eigenvalue weighted by Crippen LogP contribution is 2.45. The number of benzene rings is 3. The van der Waals surface area contributed by atoms with Crippen molar-refractivity contribution in [2.45, 2.75) is 84.0 Å². The molecule has 0 saturated heterocycles. The van der Waals surface area contributed by atoms with E-state index in [1.165, 1.54) is 50.7 Å². The van der Waals surface area contributed by atoms with Gasteiger partial charge < -0.3 is 4.74 Å². The maximum Gasteiger partial charge on any atom is 0.201 e. The molecule has 0 unspecified atom stereocenters. The monoisotopic (exact) mass is 578 g/mol. The minimum Gasteiger partial charge on any atom is -0.491 e. The van der Waals surface area contributed by atoms with Gasteiger partial charge in [0.05, 0.1) is 6.61 Å². The summed E-state index contributed by atoms with van der Waals surface area (Å²) in [5.74, 6) is -1.41. The first-order chi connectivity index (χ1) is 20.4. The van der Waals surface area contributed by atoms with Crippen LogP contribution >= 0.6 is 0 Å². The van der Waals surface area contributed by atoms with Gasteiger partial charge >= 0.3 is 0 Å². The molecule has 0 atom stereocenters. The number of rotatable bonds is 9. The number of ether oxygens (including phenoxy) is 1. The molecule has 0 radical (unpaired) electrons. The van der Waals surface area contributed by atoms with E-state index in [0.717, 1.165) is 37.5 Å². The second-order valence-electron chi connectivity index (χ2n) is 12.1. The molecule has 224 valence electrons. The molecule has 2 aliphatic rings. The smallest absolute Gasteiger partial charge is 0.201 e. The van der Waals surface area contributed by atoms with E-state index in [1.807, 2.05) is 0 Å². The Morgan fingerprint density at radius 1 is 0.667 bits per heavy atom. The van der Waals surface area contributed by atoms with E-state index >= 15 is 8.78 Å². The van der Waals surface area contributed by atoms with Gasteiger partial charge in [-0.2, -0.15) is 4.39 Å². The number of allylic oxidation sites excluding steroid dienone is 2. The maximum atomic E-state index is 15.4. The molecule has 0 aromatic heterocycles. The molecule has 0 spiro atoms. The summed E-state index contributed by atoms with van der Waals surface area (Å²) >= 11 is 0. The Hall–Kier alpha value is -3.08. The lowest BCUT2D eigenvalue weighted by Crippen LogP contribution is -2.25. The van der Waals surface area contributed by atoms with Crippen molar-refractivity contribution in [1.82, 2.24) is 0 Å². The van der Waals surface area contributed by atoms with Crippen molar-refractivity contribution < 1.29 is 22.3 Å². The molecule has 2 aliphatic carbocycles. The molecule has 5 heteroatoms. The molecule has 1 nitrogen and oxygen atoms in total. The number of halogens is 4. The summed E-state index contributed by atoms with van der Waals surface area (Å²) < 4.78 is 64.9. The summed E-state index contributed by atoms with van der Waals surface area (Å²) in [6.45, 7) is 4.01. The molecular formula is C37H42F4O. The minimum absolute atomic E-state index is 0.0434. The lowest BCUT2D eigenvalue weighted by molar-refractivity contribution is 0.156. The fraction of sp³-hybridized carbons (Fsp3) is 0.459. The second kappa shape index (κ2) is 13.9. The van der Waals surface area contributed by atoms with Crippen LogP contribution in [0, 0.1) is 41.0 Å². The zero-order valence-corrected chi connectivity index (χ0v) is 24.8. The van der Waals surface area contributed by atoms with E-state index in [0.29, 0.717) is 22.6 Å². The van der Waals surface area contributed by atoms with E-state index in [1.54, 1.807) is 43.3 Å². The Balaban J connectivity index is 1.21. The van der Waals surface area contributed by atoms with E-state index < -0.39 is 23.3 Å². The Morgan fingerprint density at radius 3 is 1.79 bits per heavy atom. The average molecular weight is 579 g/mol. The van der Waals surface area contributed by atoms with E-state index in [-0.39, 0.29) is 29.4 Å². The standard InChI is InChI=1S/C37H42F4O/c1-3-5-6-7-24-8-10-25(11-9-24)26-12-14-27(15-13-26)30-20-21-31(35(39)34(30)38)28-16-18-29(19-17-28)32-22-23-33(42-4-2)37(41)36(32)40/h3,5,16-27H,4,6-15H2,1-2H3. The van der Waals surface area contributed by atoms with Gasteiger partial charge in [-0.1, -0.05) is 61.4 Å². The lowest BCUT2D eigenvalue weighted by atomic mass is 9.68. The quantitative estimate of drug-likeness (QED) is 0.181. The molecule has 3 aromatic rings. The summed E-state index contributed by atoms with van der Waals surface area (Å²) in [6, 6.07) is 12.7. The van der Waals surface area contributed by atoms with Crippen molar-refractivity contribution in [3.8, 4) is 28.0 Å². The zero-order valence-electron chi connectivity index (χ0n) is 24.8. The normalized spacial score (nSPS) is 22.9. The highest BCUT2D eigenvalue weighted by Gasteiger charge is 2.32. The molecule has 0 aliphatic heterocycles. The van der Waals surface area contributed by atoms with E-state index in [4.69, 9.17) is 4.74 Å². The predicted molar refractivity (Wildman–Crippen MR) is 163 cm³/mol. The molecule has 2 fully saturated rings. The first-order valence-corrected chi connectivity index (χ1v) is 15.7. The summed E-state index contributed by atoms with van der Waals surface area (Å²) in [5.41, 5.74) is 1.65. The van der Waals surface area contributed by atoms with Crippen molar-refractivity contribution in [3.05, 3.63) is 89.5 Å². The van der Waals surface area contributed by atoms with Gasteiger partial charge in [0.1, 0.15) is 0 Å².